The molecule has 2 saturated heterocycles. The van der Waals surface area contributed by atoms with Crippen LogP contribution >= 0.6 is 0 Å². The number of hydrogen-bond donors (Lipinski definition) is 0. The number of carbonyl (C=O) groups excluding carboxylic acids is 1. The first-order valence-electron chi connectivity index (χ1n) is 7.24. The SMILES string of the molecule is CC1OC(C2(C)CCN(C(=O)c3ccccc3)CC2)O1. The monoisotopic (exact) mass is 275 g/mol. The average Bonchev–Trinajstić information content (AvgIpc) is 2.45. The fourth-order valence-electron chi connectivity index (χ4n) is 2.91. The summed E-state index contributed by atoms with van der Waals surface area (Å²) in [4.78, 5) is 14.3. The lowest BCUT2D eigenvalue weighted by atomic mass is 9.79. The van der Waals surface area contributed by atoms with Gasteiger partial charge in [0, 0.05) is 24.1 Å². The molecule has 2 aliphatic rings. The van der Waals surface area contributed by atoms with Gasteiger partial charge in [-0.15, -0.1) is 0 Å². The van der Waals surface area contributed by atoms with Crippen molar-refractivity contribution in [1.29, 1.82) is 0 Å². The van der Waals surface area contributed by atoms with Crippen LogP contribution in [0.1, 0.15) is 37.0 Å². The van der Waals surface area contributed by atoms with Crippen LogP contribution in [0.3, 0.4) is 0 Å². The van der Waals surface area contributed by atoms with Crippen molar-refractivity contribution in [3.05, 3.63) is 35.9 Å². The minimum Gasteiger partial charge on any atom is -0.339 e. The summed E-state index contributed by atoms with van der Waals surface area (Å²) in [5.74, 6) is 0.122. The highest BCUT2D eigenvalue weighted by atomic mass is 16.9. The number of nitrogens with zero attached hydrogens (tertiary/aromatic N) is 1. The van der Waals surface area contributed by atoms with Gasteiger partial charge in [0.05, 0.1) is 0 Å². The molecule has 0 spiro atoms. The molecule has 20 heavy (non-hydrogen) atoms. The van der Waals surface area contributed by atoms with E-state index >= 15 is 0 Å². The van der Waals surface area contributed by atoms with Crippen LogP contribution in [0.2, 0.25) is 0 Å². The van der Waals surface area contributed by atoms with Crippen molar-refractivity contribution in [3.8, 4) is 0 Å². The van der Waals surface area contributed by atoms with E-state index in [0.717, 1.165) is 31.5 Å². The van der Waals surface area contributed by atoms with Gasteiger partial charge >= 0.3 is 0 Å². The topological polar surface area (TPSA) is 38.8 Å². The maximum Gasteiger partial charge on any atom is 0.253 e. The molecule has 2 aliphatic heterocycles. The lowest BCUT2D eigenvalue weighted by Crippen LogP contribution is -2.54. The van der Waals surface area contributed by atoms with E-state index in [1.54, 1.807) is 0 Å². The molecule has 0 N–H and O–H groups in total. The number of rotatable bonds is 2. The molecule has 0 saturated carbocycles. The minimum atomic E-state index is -0.105. The third kappa shape index (κ3) is 2.45. The fourth-order valence-corrected chi connectivity index (χ4v) is 2.91. The summed E-state index contributed by atoms with van der Waals surface area (Å²) < 4.78 is 11.3. The first-order valence-corrected chi connectivity index (χ1v) is 7.24. The van der Waals surface area contributed by atoms with E-state index < -0.39 is 0 Å². The van der Waals surface area contributed by atoms with Gasteiger partial charge in [-0.25, -0.2) is 0 Å². The highest BCUT2D eigenvalue weighted by Gasteiger charge is 2.45. The van der Waals surface area contributed by atoms with Gasteiger partial charge in [-0.1, -0.05) is 25.1 Å². The van der Waals surface area contributed by atoms with Crippen LogP contribution in [0.25, 0.3) is 0 Å². The van der Waals surface area contributed by atoms with E-state index in [0.29, 0.717) is 0 Å². The fraction of sp³-hybridized carbons (Fsp3) is 0.562. The van der Waals surface area contributed by atoms with E-state index in [9.17, 15) is 4.79 Å². The highest BCUT2D eigenvalue weighted by Crippen LogP contribution is 2.41. The molecular weight excluding hydrogens is 254 g/mol. The van der Waals surface area contributed by atoms with Crippen molar-refractivity contribution in [1.82, 2.24) is 4.90 Å². The molecule has 0 unspecified atom stereocenters. The molecule has 4 nitrogen and oxygen atoms in total. The van der Waals surface area contributed by atoms with Crippen LogP contribution in [0.4, 0.5) is 0 Å². The summed E-state index contributed by atoms with van der Waals surface area (Å²) in [5, 5.41) is 0. The summed E-state index contributed by atoms with van der Waals surface area (Å²) >= 11 is 0. The van der Waals surface area contributed by atoms with Crippen LogP contribution in [0.5, 0.6) is 0 Å². The Morgan fingerprint density at radius 3 is 2.35 bits per heavy atom. The Balaban J connectivity index is 1.60. The molecule has 1 aromatic carbocycles. The molecule has 0 bridgehead atoms. The van der Waals surface area contributed by atoms with Gasteiger partial charge in [-0.3, -0.25) is 4.79 Å². The third-order valence-electron chi connectivity index (χ3n) is 4.41. The van der Waals surface area contributed by atoms with Crippen molar-refractivity contribution >= 4 is 5.91 Å². The van der Waals surface area contributed by atoms with Gasteiger partial charge in [-0.05, 0) is 31.9 Å². The van der Waals surface area contributed by atoms with Crippen LogP contribution < -0.4 is 0 Å². The van der Waals surface area contributed by atoms with Gasteiger partial charge in [0.25, 0.3) is 5.91 Å². The van der Waals surface area contributed by atoms with Crippen molar-refractivity contribution in [2.75, 3.05) is 13.1 Å². The summed E-state index contributed by atoms with van der Waals surface area (Å²) in [6, 6.07) is 9.47. The van der Waals surface area contributed by atoms with E-state index in [1.165, 1.54) is 0 Å². The van der Waals surface area contributed by atoms with Gasteiger partial charge in [-0.2, -0.15) is 0 Å². The van der Waals surface area contributed by atoms with Crippen LogP contribution in [0, 0.1) is 5.41 Å². The highest BCUT2D eigenvalue weighted by molar-refractivity contribution is 5.94. The van der Waals surface area contributed by atoms with Crippen molar-refractivity contribution in [2.24, 2.45) is 5.41 Å². The Morgan fingerprint density at radius 2 is 1.80 bits per heavy atom. The molecule has 108 valence electrons. The van der Waals surface area contributed by atoms with E-state index in [4.69, 9.17) is 9.47 Å². The Labute approximate surface area is 119 Å². The maximum atomic E-state index is 12.4. The lowest BCUT2D eigenvalue weighted by Gasteiger charge is -2.49. The van der Waals surface area contributed by atoms with Gasteiger partial charge in [0.2, 0.25) is 0 Å². The smallest absolute Gasteiger partial charge is 0.253 e. The quantitative estimate of drug-likeness (QED) is 0.833. The molecule has 1 aromatic rings. The third-order valence-corrected chi connectivity index (χ3v) is 4.41. The second-order valence-corrected chi connectivity index (χ2v) is 5.98. The zero-order valence-corrected chi connectivity index (χ0v) is 12.0. The Kier molecular flexibility index (Phi) is 3.52. The second kappa shape index (κ2) is 5.19. The standard InChI is InChI=1S/C16H21NO3/c1-12-19-15(20-12)16(2)8-10-17(11-9-16)14(18)13-6-4-3-5-7-13/h3-7,12,15H,8-11H2,1-2H3. The molecule has 1 amide bonds. The number of carbonyl (C=O) groups is 1. The molecule has 2 fully saturated rings. The first-order chi connectivity index (χ1) is 9.58. The average molecular weight is 275 g/mol. The van der Waals surface area contributed by atoms with Gasteiger partial charge in [0.15, 0.2) is 12.6 Å². The number of likely N-dealkylation sites (tertiary alicyclic amines) is 1. The Bertz CT molecular complexity index is 474. The molecule has 0 radical (unpaired) electrons. The molecule has 3 rings (SSSR count). The van der Waals surface area contributed by atoms with Crippen LogP contribution in [0.15, 0.2) is 30.3 Å². The normalized spacial score (nSPS) is 28.8. The zero-order valence-electron chi connectivity index (χ0n) is 12.0. The largest absolute Gasteiger partial charge is 0.339 e. The van der Waals surface area contributed by atoms with Gasteiger partial charge in [0.1, 0.15) is 0 Å². The summed E-state index contributed by atoms with van der Waals surface area (Å²) in [6.45, 7) is 5.63. The minimum absolute atomic E-state index is 0.0278. The molecule has 4 heteroatoms. The summed E-state index contributed by atoms with van der Waals surface area (Å²) in [6.07, 6.45) is 1.65. The zero-order chi connectivity index (χ0) is 14.2. The number of ether oxygens (including phenoxy) is 2. The van der Waals surface area contributed by atoms with E-state index in [1.807, 2.05) is 42.2 Å². The Hall–Kier alpha value is -1.39. The van der Waals surface area contributed by atoms with Crippen LogP contribution in [-0.4, -0.2) is 36.5 Å². The van der Waals surface area contributed by atoms with Crippen molar-refractivity contribution in [3.63, 3.8) is 0 Å². The molecule has 2 heterocycles. The number of piperidine rings is 1. The first kappa shape index (κ1) is 13.6. The van der Waals surface area contributed by atoms with E-state index in [-0.39, 0.29) is 23.9 Å². The Morgan fingerprint density at radius 1 is 1.20 bits per heavy atom. The van der Waals surface area contributed by atoms with Crippen molar-refractivity contribution in [2.45, 2.75) is 39.3 Å². The van der Waals surface area contributed by atoms with E-state index in [2.05, 4.69) is 6.92 Å². The van der Waals surface area contributed by atoms with Crippen molar-refractivity contribution < 1.29 is 14.3 Å². The van der Waals surface area contributed by atoms with Crippen LogP contribution in [-0.2, 0) is 9.47 Å². The number of amides is 1. The number of hydrogen-bond acceptors (Lipinski definition) is 3. The molecule has 0 aliphatic carbocycles. The summed E-state index contributed by atoms with van der Waals surface area (Å²) in [7, 11) is 0. The second-order valence-electron chi connectivity index (χ2n) is 5.98. The molecular formula is C16H21NO3. The van der Waals surface area contributed by atoms with Gasteiger partial charge < -0.3 is 14.4 Å². The molecule has 0 atom stereocenters. The lowest BCUT2D eigenvalue weighted by molar-refractivity contribution is -0.412. The predicted molar refractivity (Wildman–Crippen MR) is 75.1 cm³/mol. The number of benzene rings is 1. The maximum absolute atomic E-state index is 12.4. The predicted octanol–water partition coefficient (Wildman–Crippen LogP) is 2.65. The molecule has 0 aromatic heterocycles. The summed E-state index contributed by atoms with van der Waals surface area (Å²) in [5.41, 5.74) is 0.792.